The standard InChI is InChI=1S/C26H27N2O3PS/c1-31-26(30)24(20-12-5-2-6-13-20)27-25(29)23-18-11-19-28(23)32(33,21-14-7-3-8-15-21)22-16-9-4-10-17-22/h2-10,12-17,23-24H,11,18-19H2,1H3,(H,27,29)/t23-,24+/m0/s1. The van der Waals surface area contributed by atoms with Crippen molar-refractivity contribution in [1.82, 2.24) is 9.99 Å². The van der Waals surface area contributed by atoms with Crippen LogP contribution in [0.4, 0.5) is 0 Å². The number of hydrogen-bond donors (Lipinski definition) is 1. The number of benzene rings is 3. The predicted molar refractivity (Wildman–Crippen MR) is 136 cm³/mol. The number of esters is 1. The van der Waals surface area contributed by atoms with E-state index < -0.39 is 24.2 Å². The van der Waals surface area contributed by atoms with Crippen molar-refractivity contribution in [3.63, 3.8) is 0 Å². The van der Waals surface area contributed by atoms with Crippen LogP contribution in [0.2, 0.25) is 0 Å². The van der Waals surface area contributed by atoms with Gasteiger partial charge in [-0.2, -0.15) is 0 Å². The third-order valence-corrected chi connectivity index (χ3v) is 11.1. The van der Waals surface area contributed by atoms with Crippen molar-refractivity contribution in [3.8, 4) is 0 Å². The molecule has 2 atom stereocenters. The minimum absolute atomic E-state index is 0.201. The van der Waals surface area contributed by atoms with Crippen LogP contribution in [0, 0.1) is 0 Å². The highest BCUT2D eigenvalue weighted by Crippen LogP contribution is 2.51. The fourth-order valence-electron chi connectivity index (χ4n) is 4.34. The molecule has 1 amide bonds. The molecule has 3 aromatic carbocycles. The third kappa shape index (κ3) is 4.79. The summed E-state index contributed by atoms with van der Waals surface area (Å²) in [6.07, 6.45) is -0.886. The smallest absolute Gasteiger partial charge is 0.333 e. The Hall–Kier alpha value is -2.79. The highest BCUT2D eigenvalue weighted by molar-refractivity contribution is 8.20. The molecule has 33 heavy (non-hydrogen) atoms. The van der Waals surface area contributed by atoms with Gasteiger partial charge in [0.05, 0.1) is 19.3 Å². The molecule has 3 aromatic rings. The summed E-state index contributed by atoms with van der Waals surface area (Å²) in [6, 6.07) is 28.0. The van der Waals surface area contributed by atoms with Gasteiger partial charge in [0, 0.05) is 17.2 Å². The Bertz CT molecular complexity index is 1100. The summed E-state index contributed by atoms with van der Waals surface area (Å²) in [4.78, 5) is 26.1. The highest BCUT2D eigenvalue weighted by Gasteiger charge is 2.42. The van der Waals surface area contributed by atoms with Crippen LogP contribution in [0.25, 0.3) is 0 Å². The van der Waals surface area contributed by atoms with Crippen molar-refractivity contribution in [3.05, 3.63) is 96.6 Å². The second kappa shape index (κ2) is 10.4. The normalized spacial score (nSPS) is 17.3. The minimum atomic E-state index is -2.44. The van der Waals surface area contributed by atoms with Gasteiger partial charge in [0.15, 0.2) is 6.04 Å². The molecule has 0 spiro atoms. The van der Waals surface area contributed by atoms with E-state index in [0.717, 1.165) is 23.6 Å². The van der Waals surface area contributed by atoms with Crippen LogP contribution in [0.15, 0.2) is 91.0 Å². The van der Waals surface area contributed by atoms with Crippen LogP contribution < -0.4 is 15.9 Å². The molecular weight excluding hydrogens is 451 g/mol. The molecule has 1 N–H and O–H groups in total. The second-order valence-corrected chi connectivity index (χ2v) is 12.2. The Balaban J connectivity index is 1.69. The van der Waals surface area contributed by atoms with E-state index >= 15 is 0 Å². The first kappa shape index (κ1) is 23.4. The summed E-state index contributed by atoms with van der Waals surface area (Å²) in [5.41, 5.74) is 0.688. The molecule has 5 nitrogen and oxygen atoms in total. The van der Waals surface area contributed by atoms with E-state index in [1.165, 1.54) is 7.11 Å². The summed E-state index contributed by atoms with van der Waals surface area (Å²) in [5, 5.41) is 5.06. The van der Waals surface area contributed by atoms with Crippen LogP contribution in [0.1, 0.15) is 24.4 Å². The van der Waals surface area contributed by atoms with Crippen LogP contribution in [-0.4, -0.2) is 36.2 Å². The van der Waals surface area contributed by atoms with Gasteiger partial charge < -0.3 is 10.1 Å². The van der Waals surface area contributed by atoms with Crippen LogP contribution >= 0.6 is 6.19 Å². The maximum atomic E-state index is 13.6. The van der Waals surface area contributed by atoms with Crippen molar-refractivity contribution in [1.29, 1.82) is 0 Å². The average molecular weight is 479 g/mol. The first-order valence-corrected chi connectivity index (χ1v) is 13.7. The van der Waals surface area contributed by atoms with Crippen molar-refractivity contribution in [2.24, 2.45) is 0 Å². The fourth-order valence-corrected chi connectivity index (χ4v) is 8.74. The molecule has 0 aromatic heterocycles. The number of carbonyl (C=O) groups is 2. The molecule has 1 aliphatic rings. The number of methoxy groups -OCH3 is 1. The summed E-state index contributed by atoms with van der Waals surface area (Å²) in [7, 11) is 1.33. The van der Waals surface area contributed by atoms with E-state index in [9.17, 15) is 9.59 Å². The molecule has 0 radical (unpaired) electrons. The molecule has 7 heteroatoms. The van der Waals surface area contributed by atoms with E-state index in [-0.39, 0.29) is 5.91 Å². The number of nitrogens with zero attached hydrogens (tertiary/aromatic N) is 1. The lowest BCUT2D eigenvalue weighted by Crippen LogP contribution is -2.47. The van der Waals surface area contributed by atoms with Gasteiger partial charge in [-0.3, -0.25) is 9.46 Å². The van der Waals surface area contributed by atoms with E-state index in [2.05, 4.69) is 34.3 Å². The Kier molecular flexibility index (Phi) is 7.39. The van der Waals surface area contributed by atoms with Gasteiger partial charge in [-0.25, -0.2) is 4.79 Å². The summed E-state index contributed by atoms with van der Waals surface area (Å²) < 4.78 is 7.18. The topological polar surface area (TPSA) is 58.6 Å². The Morgan fingerprint density at radius 1 is 0.939 bits per heavy atom. The fraction of sp³-hybridized carbons (Fsp3) is 0.231. The molecule has 1 saturated heterocycles. The molecule has 1 heterocycles. The van der Waals surface area contributed by atoms with Crippen LogP contribution in [0.5, 0.6) is 0 Å². The second-order valence-electron chi connectivity index (χ2n) is 7.94. The van der Waals surface area contributed by atoms with Crippen molar-refractivity contribution < 1.29 is 14.3 Å². The van der Waals surface area contributed by atoms with Crippen LogP contribution in [0.3, 0.4) is 0 Å². The Morgan fingerprint density at radius 3 is 1.97 bits per heavy atom. The van der Waals surface area contributed by atoms with E-state index in [0.29, 0.717) is 12.0 Å². The number of hydrogen-bond acceptors (Lipinski definition) is 4. The molecule has 4 rings (SSSR count). The number of ether oxygens (including phenoxy) is 1. The zero-order valence-corrected chi connectivity index (χ0v) is 20.2. The van der Waals surface area contributed by atoms with Gasteiger partial charge in [-0.1, -0.05) is 103 Å². The number of rotatable bonds is 7. The van der Waals surface area contributed by atoms with Gasteiger partial charge in [0.2, 0.25) is 5.91 Å². The van der Waals surface area contributed by atoms with Gasteiger partial charge in [-0.15, -0.1) is 0 Å². The maximum Gasteiger partial charge on any atom is 0.333 e. The molecule has 0 unspecified atom stereocenters. The summed E-state index contributed by atoms with van der Waals surface area (Å²) in [5.74, 6) is -0.697. The molecule has 1 aliphatic heterocycles. The summed E-state index contributed by atoms with van der Waals surface area (Å²) in [6.45, 7) is 0.730. The van der Waals surface area contributed by atoms with E-state index in [1.807, 2.05) is 66.7 Å². The molecule has 1 fully saturated rings. The lowest BCUT2D eigenvalue weighted by atomic mass is 10.1. The molecule has 0 saturated carbocycles. The third-order valence-electron chi connectivity index (χ3n) is 5.96. The van der Waals surface area contributed by atoms with E-state index in [1.54, 1.807) is 0 Å². The van der Waals surface area contributed by atoms with E-state index in [4.69, 9.17) is 16.5 Å². The van der Waals surface area contributed by atoms with Gasteiger partial charge in [0.1, 0.15) is 0 Å². The first-order chi connectivity index (χ1) is 16.1. The van der Waals surface area contributed by atoms with Crippen LogP contribution in [-0.2, 0) is 26.1 Å². The first-order valence-electron chi connectivity index (χ1n) is 11.0. The SMILES string of the molecule is COC(=O)[C@H](NC(=O)[C@@H]1CCCN1P(=S)(c1ccccc1)c1ccccc1)c1ccccc1. The molecular formula is C26H27N2O3PS. The monoisotopic (exact) mass is 478 g/mol. The lowest BCUT2D eigenvalue weighted by Gasteiger charge is -2.37. The van der Waals surface area contributed by atoms with Gasteiger partial charge in [0.25, 0.3) is 0 Å². The highest BCUT2D eigenvalue weighted by atomic mass is 32.4. The number of carbonyl (C=O) groups excluding carboxylic acids is 2. The number of nitrogens with one attached hydrogen (secondary N) is 1. The Labute approximate surface area is 199 Å². The Morgan fingerprint density at radius 2 is 1.45 bits per heavy atom. The lowest BCUT2D eigenvalue weighted by molar-refractivity contribution is -0.145. The minimum Gasteiger partial charge on any atom is -0.467 e. The predicted octanol–water partition coefficient (Wildman–Crippen LogP) is 3.53. The van der Waals surface area contributed by atoms with Crippen molar-refractivity contribution >= 4 is 40.5 Å². The van der Waals surface area contributed by atoms with Crippen molar-refractivity contribution in [2.75, 3.05) is 13.7 Å². The zero-order valence-electron chi connectivity index (χ0n) is 18.5. The van der Waals surface area contributed by atoms with Gasteiger partial charge >= 0.3 is 5.97 Å². The average Bonchev–Trinajstić information content (AvgIpc) is 3.38. The zero-order chi connectivity index (χ0) is 23.3. The van der Waals surface area contributed by atoms with Gasteiger partial charge in [-0.05, 0) is 18.4 Å². The summed E-state index contributed by atoms with van der Waals surface area (Å²) >= 11 is 6.44. The molecule has 170 valence electrons. The van der Waals surface area contributed by atoms with Crippen molar-refractivity contribution in [2.45, 2.75) is 24.9 Å². The number of amides is 1. The molecule has 0 aliphatic carbocycles. The largest absolute Gasteiger partial charge is 0.467 e. The molecule has 0 bridgehead atoms. The quantitative estimate of drug-likeness (QED) is 0.416. The maximum absolute atomic E-state index is 13.6.